The van der Waals surface area contributed by atoms with Crippen LogP contribution in [0.15, 0.2) is 36.4 Å². The first-order valence-electron chi connectivity index (χ1n) is 10.5. The maximum atomic E-state index is 13.6. The molecule has 32 heavy (non-hydrogen) atoms. The normalized spacial score (nSPS) is 11.4. The Morgan fingerprint density at radius 2 is 1.62 bits per heavy atom. The van der Waals surface area contributed by atoms with E-state index < -0.39 is 0 Å². The minimum absolute atomic E-state index is 0.128. The zero-order valence-corrected chi connectivity index (χ0v) is 20.3. The third kappa shape index (κ3) is 4.41. The molecular formula is C23H26N4O3S2. The molecule has 0 spiro atoms. The number of likely N-dealkylation sites (N-methyl/N-ethyl adjacent to an activating group) is 1. The van der Waals surface area contributed by atoms with E-state index in [0.29, 0.717) is 28.2 Å². The highest BCUT2D eigenvalue weighted by Gasteiger charge is 2.25. The number of nitrogens with zero attached hydrogens (tertiary/aromatic N) is 4. The van der Waals surface area contributed by atoms with Gasteiger partial charge in [-0.3, -0.25) is 9.69 Å². The van der Waals surface area contributed by atoms with E-state index >= 15 is 0 Å². The summed E-state index contributed by atoms with van der Waals surface area (Å²) < 4.78 is 12.8. The van der Waals surface area contributed by atoms with Crippen molar-refractivity contribution in [1.82, 2.24) is 14.9 Å². The second kappa shape index (κ2) is 9.81. The van der Waals surface area contributed by atoms with Crippen molar-refractivity contribution in [2.24, 2.45) is 0 Å². The van der Waals surface area contributed by atoms with Gasteiger partial charge in [-0.25, -0.2) is 9.97 Å². The van der Waals surface area contributed by atoms with Crippen LogP contribution in [-0.2, 0) is 0 Å². The Bertz CT molecular complexity index is 1160. The van der Waals surface area contributed by atoms with Gasteiger partial charge in [0.25, 0.3) is 5.91 Å². The van der Waals surface area contributed by atoms with Crippen LogP contribution in [0.4, 0.5) is 5.13 Å². The van der Waals surface area contributed by atoms with E-state index in [4.69, 9.17) is 14.5 Å². The van der Waals surface area contributed by atoms with Crippen LogP contribution in [0.2, 0.25) is 0 Å². The minimum Gasteiger partial charge on any atom is -0.493 e. The highest BCUT2D eigenvalue weighted by Crippen LogP contribution is 2.38. The number of fused-ring (bicyclic) bond motifs is 2. The lowest BCUT2D eigenvalue weighted by Crippen LogP contribution is -2.38. The summed E-state index contributed by atoms with van der Waals surface area (Å²) in [6.45, 7) is 7.39. The number of aromatic nitrogens is 2. The van der Waals surface area contributed by atoms with Gasteiger partial charge in [-0.05, 0) is 25.2 Å². The second-order valence-electron chi connectivity index (χ2n) is 7.14. The summed E-state index contributed by atoms with van der Waals surface area (Å²) in [6.07, 6.45) is 0. The highest BCUT2D eigenvalue weighted by atomic mass is 32.1. The number of carbonyl (C=O) groups is 1. The third-order valence-electron chi connectivity index (χ3n) is 5.37. The molecule has 4 rings (SSSR count). The third-order valence-corrected chi connectivity index (χ3v) is 7.44. The molecular weight excluding hydrogens is 444 g/mol. The molecule has 168 valence electrons. The monoisotopic (exact) mass is 470 g/mol. The van der Waals surface area contributed by atoms with Gasteiger partial charge in [0.2, 0.25) is 0 Å². The van der Waals surface area contributed by atoms with Gasteiger partial charge in [0, 0.05) is 25.2 Å². The maximum absolute atomic E-state index is 13.6. The summed E-state index contributed by atoms with van der Waals surface area (Å²) >= 11 is 2.88. The lowest BCUT2D eigenvalue weighted by Gasteiger charge is -2.24. The Kier molecular flexibility index (Phi) is 6.88. The van der Waals surface area contributed by atoms with Gasteiger partial charge in [0.15, 0.2) is 21.6 Å². The number of thiazole rings is 2. The summed E-state index contributed by atoms with van der Waals surface area (Å²) in [5, 5.41) is 1.12. The van der Waals surface area contributed by atoms with Crippen molar-refractivity contribution < 1.29 is 14.3 Å². The van der Waals surface area contributed by atoms with Crippen molar-refractivity contribution in [2.75, 3.05) is 45.3 Å². The summed E-state index contributed by atoms with van der Waals surface area (Å²) in [5.74, 6) is 1.13. The van der Waals surface area contributed by atoms with Gasteiger partial charge >= 0.3 is 0 Å². The summed E-state index contributed by atoms with van der Waals surface area (Å²) in [6, 6.07) is 11.6. The SMILES string of the molecule is CCN(CC)CCN(C(=O)c1nc2ccccc2s1)c1nc2cc(OC)c(OC)cc2s1. The van der Waals surface area contributed by atoms with Crippen LogP contribution < -0.4 is 14.4 Å². The second-order valence-corrected chi connectivity index (χ2v) is 9.18. The zero-order chi connectivity index (χ0) is 22.7. The quantitative estimate of drug-likeness (QED) is 0.346. The molecule has 0 bridgehead atoms. The number of anilines is 1. The number of amides is 1. The molecule has 0 aliphatic rings. The Balaban J connectivity index is 1.73. The lowest BCUT2D eigenvalue weighted by molar-refractivity contribution is 0.0983. The smallest absolute Gasteiger partial charge is 0.289 e. The zero-order valence-electron chi connectivity index (χ0n) is 18.6. The number of rotatable bonds is 9. The van der Waals surface area contributed by atoms with Crippen LogP contribution in [0.1, 0.15) is 23.6 Å². The Morgan fingerprint density at radius 3 is 2.31 bits per heavy atom. The Hall–Kier alpha value is -2.75. The molecule has 1 amide bonds. The fraction of sp³-hybridized carbons (Fsp3) is 0.348. The molecule has 0 saturated carbocycles. The van der Waals surface area contributed by atoms with E-state index in [1.54, 1.807) is 19.1 Å². The number of benzene rings is 2. The van der Waals surface area contributed by atoms with Crippen LogP contribution in [0, 0.1) is 0 Å². The highest BCUT2D eigenvalue weighted by molar-refractivity contribution is 7.23. The topological polar surface area (TPSA) is 67.8 Å². The molecule has 0 atom stereocenters. The van der Waals surface area contributed by atoms with Gasteiger partial charge in [-0.15, -0.1) is 11.3 Å². The van der Waals surface area contributed by atoms with Crippen LogP contribution in [0.3, 0.4) is 0 Å². The molecule has 0 N–H and O–H groups in total. The van der Waals surface area contributed by atoms with Crippen molar-refractivity contribution in [3.63, 3.8) is 0 Å². The number of para-hydroxylation sites is 1. The van der Waals surface area contributed by atoms with Gasteiger partial charge in [-0.2, -0.15) is 0 Å². The predicted molar refractivity (Wildman–Crippen MR) is 132 cm³/mol. The van der Waals surface area contributed by atoms with Gasteiger partial charge in [0.1, 0.15) is 0 Å². The summed E-state index contributed by atoms with van der Waals surface area (Å²) in [4.78, 5) is 27.0. The molecule has 2 heterocycles. The molecule has 4 aromatic rings. The first-order valence-corrected chi connectivity index (χ1v) is 12.1. The molecule has 0 aliphatic heterocycles. The van der Waals surface area contributed by atoms with Crippen LogP contribution in [-0.4, -0.2) is 61.2 Å². The number of hydrogen-bond acceptors (Lipinski definition) is 8. The molecule has 9 heteroatoms. The van der Waals surface area contributed by atoms with Gasteiger partial charge in [-0.1, -0.05) is 37.3 Å². The Labute approximate surface area is 195 Å². The Morgan fingerprint density at radius 1 is 0.906 bits per heavy atom. The number of ether oxygens (including phenoxy) is 2. The lowest BCUT2D eigenvalue weighted by atomic mass is 10.3. The number of carbonyl (C=O) groups excluding carboxylic acids is 1. The van der Waals surface area contributed by atoms with E-state index in [1.165, 1.54) is 22.7 Å². The largest absolute Gasteiger partial charge is 0.493 e. The molecule has 0 unspecified atom stereocenters. The molecule has 0 saturated heterocycles. The average molecular weight is 471 g/mol. The van der Waals surface area contributed by atoms with E-state index in [-0.39, 0.29) is 5.91 Å². The van der Waals surface area contributed by atoms with Crippen LogP contribution in [0.5, 0.6) is 11.5 Å². The average Bonchev–Trinajstić information content (AvgIpc) is 3.44. The van der Waals surface area contributed by atoms with Crippen molar-refractivity contribution >= 4 is 54.1 Å². The standard InChI is InChI=1S/C23H26N4O3S2/c1-5-26(6-2)11-12-27(22(28)21-24-15-9-7-8-10-19(15)31-21)23-25-16-13-17(29-3)18(30-4)14-20(16)32-23/h7-10,13-14H,5-6,11-12H2,1-4H3. The van der Waals surface area contributed by atoms with E-state index in [9.17, 15) is 4.79 Å². The molecule has 2 aromatic heterocycles. The van der Waals surface area contributed by atoms with Crippen molar-refractivity contribution in [2.45, 2.75) is 13.8 Å². The van der Waals surface area contributed by atoms with Gasteiger partial charge in [0.05, 0.1) is 34.7 Å². The first-order chi connectivity index (χ1) is 15.6. The molecule has 0 fully saturated rings. The van der Waals surface area contributed by atoms with Crippen LogP contribution in [0.25, 0.3) is 20.4 Å². The predicted octanol–water partition coefficient (Wildman–Crippen LogP) is 4.91. The van der Waals surface area contributed by atoms with Crippen LogP contribution >= 0.6 is 22.7 Å². The van der Waals surface area contributed by atoms with E-state index in [1.807, 2.05) is 36.4 Å². The van der Waals surface area contributed by atoms with Crippen molar-refractivity contribution in [3.05, 3.63) is 41.4 Å². The number of methoxy groups -OCH3 is 2. The molecule has 0 aliphatic carbocycles. The van der Waals surface area contributed by atoms with E-state index in [0.717, 1.165) is 40.1 Å². The first kappa shape index (κ1) is 22.4. The summed E-state index contributed by atoms with van der Waals surface area (Å²) in [5.41, 5.74) is 1.61. The van der Waals surface area contributed by atoms with E-state index in [2.05, 4.69) is 23.7 Å². The van der Waals surface area contributed by atoms with Gasteiger partial charge < -0.3 is 14.4 Å². The minimum atomic E-state index is -0.128. The molecule has 7 nitrogen and oxygen atoms in total. The number of hydrogen-bond donors (Lipinski definition) is 0. The van der Waals surface area contributed by atoms with Crippen molar-refractivity contribution in [3.8, 4) is 11.5 Å². The molecule has 2 aromatic carbocycles. The fourth-order valence-electron chi connectivity index (χ4n) is 3.50. The maximum Gasteiger partial charge on any atom is 0.289 e. The molecule has 0 radical (unpaired) electrons. The fourth-order valence-corrected chi connectivity index (χ4v) is 5.42. The summed E-state index contributed by atoms with van der Waals surface area (Å²) in [7, 11) is 3.21. The van der Waals surface area contributed by atoms with Crippen molar-refractivity contribution in [1.29, 1.82) is 0 Å².